The summed E-state index contributed by atoms with van der Waals surface area (Å²) in [5, 5.41) is 4.63. The highest BCUT2D eigenvalue weighted by Crippen LogP contribution is 2.34. The third-order valence-electron chi connectivity index (χ3n) is 4.84. The zero-order chi connectivity index (χ0) is 22.6. The van der Waals surface area contributed by atoms with Gasteiger partial charge in [0.2, 0.25) is 0 Å². The average Bonchev–Trinajstić information content (AvgIpc) is 2.88. The van der Waals surface area contributed by atoms with Crippen molar-refractivity contribution in [1.29, 1.82) is 0 Å². The van der Waals surface area contributed by atoms with Gasteiger partial charge < -0.3 is 9.42 Å². The first-order valence-electron chi connectivity index (χ1n) is 10.9. The van der Waals surface area contributed by atoms with Crippen molar-refractivity contribution in [3.05, 3.63) is 121 Å². The Morgan fingerprint density at radius 2 is 1.03 bits per heavy atom. The molecule has 0 aliphatic heterocycles. The lowest BCUT2D eigenvalue weighted by Crippen LogP contribution is -2.14. The van der Waals surface area contributed by atoms with E-state index in [1.54, 1.807) is 0 Å². The van der Waals surface area contributed by atoms with Crippen molar-refractivity contribution >= 4 is 37.5 Å². The molecule has 4 aromatic carbocycles. The van der Waals surface area contributed by atoms with Crippen molar-refractivity contribution < 1.29 is 9.42 Å². The van der Waals surface area contributed by atoms with Crippen LogP contribution in [0.5, 0.6) is 0 Å². The molecule has 2 nitrogen and oxygen atoms in total. The van der Waals surface area contributed by atoms with Crippen LogP contribution < -0.4 is 21.2 Å². The smallest absolute Gasteiger partial charge is 0.0917 e. The Labute approximate surface area is 194 Å². The molecule has 0 radical (unpaired) electrons. The molecule has 0 fully saturated rings. The Balaban J connectivity index is 0.000000181. The molecular weight excluding hydrogens is 430 g/mol. The van der Waals surface area contributed by atoms with E-state index in [1.807, 2.05) is 67.6 Å². The summed E-state index contributed by atoms with van der Waals surface area (Å²) in [5.41, 5.74) is 1.24. The Kier molecular flexibility index (Phi) is 10.1. The first-order chi connectivity index (χ1) is 15.7. The van der Waals surface area contributed by atoms with Crippen LogP contribution in [0.25, 0.3) is 0 Å². The summed E-state index contributed by atoms with van der Waals surface area (Å²) in [6.45, 7) is 4.91. The second-order valence-electron chi connectivity index (χ2n) is 7.01. The minimum Gasteiger partial charge on any atom is -0.364 e. The lowest BCUT2D eigenvalue weighted by Gasteiger charge is -2.17. The normalized spacial score (nSPS) is 11.5. The van der Waals surface area contributed by atoms with Crippen molar-refractivity contribution in [3.63, 3.8) is 0 Å². The van der Waals surface area contributed by atoms with Gasteiger partial charge in [-0.05, 0) is 18.9 Å². The van der Waals surface area contributed by atoms with Gasteiger partial charge in [-0.25, -0.2) is 0 Å². The molecule has 0 saturated heterocycles. The van der Waals surface area contributed by atoms with Gasteiger partial charge in [-0.2, -0.15) is 0 Å². The second-order valence-corrected chi connectivity index (χ2v) is 10.5. The molecule has 0 aromatic heterocycles. The van der Waals surface area contributed by atoms with E-state index >= 15 is 0 Å². The molecule has 0 amide bonds. The van der Waals surface area contributed by atoms with E-state index in [9.17, 15) is 4.89 Å². The third-order valence-corrected chi connectivity index (χ3v) is 8.57. The number of hydrogen-bond donors (Lipinski definition) is 1. The molecule has 4 aromatic rings. The molecular formula is C28H30O2P2. The average molecular weight is 460 g/mol. The Morgan fingerprint density at radius 3 is 1.50 bits per heavy atom. The quantitative estimate of drug-likeness (QED) is 0.361. The fourth-order valence-corrected chi connectivity index (χ4v) is 6.48. The molecule has 0 saturated carbocycles. The third kappa shape index (κ3) is 6.83. The van der Waals surface area contributed by atoms with Crippen LogP contribution in [0, 0.1) is 0 Å². The largest absolute Gasteiger partial charge is 0.364 e. The van der Waals surface area contributed by atoms with E-state index in [-0.39, 0.29) is 0 Å². The summed E-state index contributed by atoms with van der Waals surface area (Å²) >= 11 is 0. The van der Waals surface area contributed by atoms with E-state index < -0.39 is 16.3 Å². The molecule has 0 aliphatic carbocycles. The monoisotopic (exact) mass is 460 g/mol. The van der Waals surface area contributed by atoms with E-state index in [2.05, 4.69) is 61.5 Å². The molecule has 32 heavy (non-hydrogen) atoms. The Hall–Kier alpha value is -2.34. The van der Waals surface area contributed by atoms with Crippen molar-refractivity contribution in [2.45, 2.75) is 20.3 Å². The minimum atomic E-state index is -1.20. The molecule has 0 heterocycles. The molecule has 164 valence electrons. The number of benzene rings is 4. The zero-order valence-electron chi connectivity index (χ0n) is 18.6. The standard InChI is InChI=1S/2C14H15OP/c1-2-15-16(13-9-5-3-6-10-13)14-11-7-4-8-12-14;1-2-12-8-6-7-11-14(12)16(15)13-9-4-3-5-10-13/h3-12H,2H2,1H3;3-11,15H,2H2,1H3. The van der Waals surface area contributed by atoms with Gasteiger partial charge in [-0.3, -0.25) is 0 Å². The van der Waals surface area contributed by atoms with E-state index in [0.29, 0.717) is 0 Å². The van der Waals surface area contributed by atoms with Crippen LogP contribution in [-0.4, -0.2) is 11.5 Å². The highest BCUT2D eigenvalue weighted by molar-refractivity contribution is 7.68. The van der Waals surface area contributed by atoms with Gasteiger partial charge in [-0.15, -0.1) is 0 Å². The second kappa shape index (κ2) is 13.3. The van der Waals surface area contributed by atoms with Gasteiger partial charge in [0.25, 0.3) is 0 Å². The molecule has 1 unspecified atom stereocenters. The SMILES string of the molecule is CCOP(c1ccccc1)c1ccccc1.CCc1ccccc1P(O)c1ccccc1. The minimum absolute atomic E-state index is 0.651. The van der Waals surface area contributed by atoms with Crippen molar-refractivity contribution in [3.8, 4) is 0 Å². The maximum Gasteiger partial charge on any atom is 0.0917 e. The summed E-state index contributed by atoms with van der Waals surface area (Å²) in [6, 6.07) is 38.9. The molecule has 0 aliphatic rings. The predicted molar refractivity (Wildman–Crippen MR) is 141 cm³/mol. The van der Waals surface area contributed by atoms with E-state index in [1.165, 1.54) is 16.2 Å². The highest BCUT2D eigenvalue weighted by atomic mass is 31.1. The molecule has 4 rings (SSSR count). The van der Waals surface area contributed by atoms with Crippen molar-refractivity contribution in [1.82, 2.24) is 0 Å². The number of aryl methyl sites for hydroxylation is 1. The Morgan fingerprint density at radius 1 is 0.594 bits per heavy atom. The maximum atomic E-state index is 10.4. The van der Waals surface area contributed by atoms with Crippen LogP contribution in [0.4, 0.5) is 0 Å². The van der Waals surface area contributed by atoms with Crippen LogP contribution >= 0.6 is 16.3 Å². The van der Waals surface area contributed by atoms with Crippen LogP contribution in [-0.2, 0) is 10.9 Å². The fourth-order valence-electron chi connectivity index (χ4n) is 3.28. The molecule has 0 bridgehead atoms. The Bertz CT molecular complexity index is 1000. The van der Waals surface area contributed by atoms with Crippen LogP contribution in [0.2, 0.25) is 0 Å². The summed E-state index contributed by atoms with van der Waals surface area (Å²) in [4.78, 5) is 10.4. The molecule has 0 spiro atoms. The molecule has 4 heteroatoms. The lowest BCUT2D eigenvalue weighted by molar-refractivity contribution is 0.388. The van der Waals surface area contributed by atoms with E-state index in [4.69, 9.17) is 4.52 Å². The van der Waals surface area contributed by atoms with Crippen LogP contribution in [0.15, 0.2) is 115 Å². The summed E-state index contributed by atoms with van der Waals surface area (Å²) in [7, 11) is -1.85. The highest BCUT2D eigenvalue weighted by Gasteiger charge is 2.14. The predicted octanol–water partition coefficient (Wildman–Crippen LogP) is 5.66. The summed E-state index contributed by atoms with van der Waals surface area (Å²) in [6.07, 6.45) is 0.961. The summed E-state index contributed by atoms with van der Waals surface area (Å²) in [5.74, 6) is 0. The maximum absolute atomic E-state index is 10.4. The van der Waals surface area contributed by atoms with Gasteiger partial charge in [0.15, 0.2) is 0 Å². The lowest BCUT2D eigenvalue weighted by atomic mass is 10.2. The van der Waals surface area contributed by atoms with Gasteiger partial charge >= 0.3 is 0 Å². The van der Waals surface area contributed by atoms with Crippen LogP contribution in [0.1, 0.15) is 19.4 Å². The molecule has 1 N–H and O–H groups in total. The summed E-state index contributed by atoms with van der Waals surface area (Å²) < 4.78 is 5.88. The van der Waals surface area contributed by atoms with Gasteiger partial charge in [0.1, 0.15) is 0 Å². The van der Waals surface area contributed by atoms with Gasteiger partial charge in [-0.1, -0.05) is 122 Å². The first kappa shape index (κ1) is 24.3. The fraction of sp³-hybridized carbons (Fsp3) is 0.143. The number of hydrogen-bond acceptors (Lipinski definition) is 2. The van der Waals surface area contributed by atoms with Crippen molar-refractivity contribution in [2.24, 2.45) is 0 Å². The van der Waals surface area contributed by atoms with Crippen molar-refractivity contribution in [2.75, 3.05) is 6.61 Å². The van der Waals surface area contributed by atoms with E-state index in [0.717, 1.165) is 23.6 Å². The topological polar surface area (TPSA) is 29.5 Å². The first-order valence-corrected chi connectivity index (χ1v) is 13.4. The number of rotatable bonds is 7. The van der Waals surface area contributed by atoms with Crippen LogP contribution in [0.3, 0.4) is 0 Å². The molecule has 1 atom stereocenters. The van der Waals surface area contributed by atoms with Gasteiger partial charge in [0, 0.05) is 27.8 Å². The van der Waals surface area contributed by atoms with Gasteiger partial charge in [0.05, 0.1) is 16.3 Å². The zero-order valence-corrected chi connectivity index (χ0v) is 20.4.